The lowest BCUT2D eigenvalue weighted by Crippen LogP contribution is -2.45. The van der Waals surface area contributed by atoms with Crippen molar-refractivity contribution >= 4 is 5.91 Å². The van der Waals surface area contributed by atoms with Gasteiger partial charge in [0.1, 0.15) is 12.1 Å². The van der Waals surface area contributed by atoms with Gasteiger partial charge >= 0.3 is 0 Å². The topological polar surface area (TPSA) is 94.2 Å². The summed E-state index contributed by atoms with van der Waals surface area (Å²) in [5.41, 5.74) is 4.06. The Morgan fingerprint density at radius 1 is 1.31 bits per heavy atom. The van der Waals surface area contributed by atoms with Crippen LogP contribution in [0.25, 0.3) is 11.3 Å². The van der Waals surface area contributed by atoms with Crippen LogP contribution in [0.15, 0.2) is 41.4 Å². The molecule has 0 radical (unpaired) electrons. The van der Waals surface area contributed by atoms with Gasteiger partial charge in [-0.3, -0.25) is 9.78 Å². The third kappa shape index (κ3) is 4.32. The molecule has 4 rings (SSSR count). The first-order valence-electron chi connectivity index (χ1n) is 9.67. The minimum atomic E-state index is -0.0261. The summed E-state index contributed by atoms with van der Waals surface area (Å²) >= 11 is 0. The third-order valence-corrected chi connectivity index (χ3v) is 5.07. The van der Waals surface area contributed by atoms with E-state index in [-0.39, 0.29) is 12.0 Å². The number of carbonyl (C=O) groups excluding carboxylic acids is 1. The van der Waals surface area contributed by atoms with Crippen molar-refractivity contribution in [1.82, 2.24) is 25.0 Å². The van der Waals surface area contributed by atoms with Crippen LogP contribution in [0.1, 0.15) is 33.9 Å². The maximum absolute atomic E-state index is 12.7. The van der Waals surface area contributed by atoms with E-state index in [1.165, 1.54) is 0 Å². The number of amides is 1. The fourth-order valence-corrected chi connectivity index (χ4v) is 3.58. The van der Waals surface area contributed by atoms with E-state index in [0.29, 0.717) is 25.3 Å². The summed E-state index contributed by atoms with van der Waals surface area (Å²) in [7, 11) is 0. The van der Waals surface area contributed by atoms with Crippen molar-refractivity contribution < 1.29 is 14.1 Å². The summed E-state index contributed by atoms with van der Waals surface area (Å²) < 4.78 is 11.1. The number of pyridine rings is 1. The zero-order valence-corrected chi connectivity index (χ0v) is 16.5. The van der Waals surface area contributed by atoms with Crippen LogP contribution in [0.5, 0.6) is 0 Å². The van der Waals surface area contributed by atoms with Crippen molar-refractivity contribution in [2.45, 2.75) is 32.8 Å². The zero-order chi connectivity index (χ0) is 20.2. The van der Waals surface area contributed by atoms with Crippen LogP contribution in [-0.4, -0.2) is 56.7 Å². The molecule has 0 spiro atoms. The average Bonchev–Trinajstić information content (AvgIpc) is 3.11. The van der Waals surface area contributed by atoms with E-state index in [4.69, 9.17) is 9.26 Å². The summed E-state index contributed by atoms with van der Waals surface area (Å²) in [4.78, 5) is 27.3. The lowest BCUT2D eigenvalue weighted by atomic mass is 10.1. The molecule has 1 saturated heterocycles. The molecule has 1 aliphatic heterocycles. The Bertz CT molecular complexity index is 969. The van der Waals surface area contributed by atoms with Crippen molar-refractivity contribution in [1.29, 1.82) is 0 Å². The highest BCUT2D eigenvalue weighted by atomic mass is 16.5. The number of ether oxygens (including phenoxy) is 1. The summed E-state index contributed by atoms with van der Waals surface area (Å²) in [6, 6.07) is 5.53. The summed E-state index contributed by atoms with van der Waals surface area (Å²) in [5.74, 6) is 0.737. The SMILES string of the molecule is Cc1noc(C)c1-c1cc(CCC2CN(C(=O)c3cccnc3)CCO2)ncn1. The van der Waals surface area contributed by atoms with Gasteiger partial charge in [-0.2, -0.15) is 0 Å². The molecule has 0 aromatic carbocycles. The predicted molar refractivity (Wildman–Crippen MR) is 105 cm³/mol. The van der Waals surface area contributed by atoms with Gasteiger partial charge < -0.3 is 14.2 Å². The molecule has 1 unspecified atom stereocenters. The smallest absolute Gasteiger partial charge is 0.255 e. The highest BCUT2D eigenvalue weighted by Gasteiger charge is 2.25. The minimum absolute atomic E-state index is 0.00543. The Morgan fingerprint density at radius 2 is 2.21 bits per heavy atom. The summed E-state index contributed by atoms with van der Waals surface area (Å²) in [6.45, 7) is 5.46. The van der Waals surface area contributed by atoms with Crippen LogP contribution in [0.4, 0.5) is 0 Å². The van der Waals surface area contributed by atoms with Gasteiger partial charge in [0, 0.05) is 31.2 Å². The van der Waals surface area contributed by atoms with Gasteiger partial charge in [-0.1, -0.05) is 5.16 Å². The number of hydrogen-bond acceptors (Lipinski definition) is 7. The number of nitrogens with zero attached hydrogens (tertiary/aromatic N) is 5. The normalized spacial score (nSPS) is 16.8. The molecule has 8 heteroatoms. The first kappa shape index (κ1) is 19.2. The van der Waals surface area contributed by atoms with Gasteiger partial charge in [-0.05, 0) is 44.9 Å². The molecule has 1 amide bonds. The van der Waals surface area contributed by atoms with E-state index in [9.17, 15) is 4.79 Å². The van der Waals surface area contributed by atoms with E-state index in [2.05, 4.69) is 20.1 Å². The zero-order valence-electron chi connectivity index (χ0n) is 16.5. The van der Waals surface area contributed by atoms with Gasteiger partial charge in [0.25, 0.3) is 5.91 Å². The second kappa shape index (κ2) is 8.48. The van der Waals surface area contributed by atoms with Crippen molar-refractivity contribution in [3.8, 4) is 11.3 Å². The average molecular weight is 393 g/mol. The molecular weight excluding hydrogens is 370 g/mol. The number of rotatable bonds is 5. The number of aromatic nitrogens is 4. The molecule has 1 fully saturated rings. The first-order valence-corrected chi connectivity index (χ1v) is 9.67. The predicted octanol–water partition coefficient (Wildman–Crippen LogP) is 2.62. The standard InChI is InChI=1S/C21H23N5O3/c1-14-20(15(2)29-25-14)19-10-17(23-13-24-19)5-6-18-12-26(8-9-28-18)21(27)16-4-3-7-22-11-16/h3-4,7,10-11,13,18H,5-6,8-9,12H2,1-2H3. The van der Waals surface area contributed by atoms with Gasteiger partial charge in [0.05, 0.1) is 35.2 Å². The second-order valence-electron chi connectivity index (χ2n) is 7.12. The molecule has 150 valence electrons. The van der Waals surface area contributed by atoms with Crippen LogP contribution in [-0.2, 0) is 11.2 Å². The van der Waals surface area contributed by atoms with Crippen LogP contribution in [0, 0.1) is 13.8 Å². The number of aryl methyl sites for hydroxylation is 3. The maximum atomic E-state index is 12.7. The molecule has 29 heavy (non-hydrogen) atoms. The number of hydrogen-bond donors (Lipinski definition) is 0. The quantitative estimate of drug-likeness (QED) is 0.658. The van der Waals surface area contributed by atoms with E-state index in [1.807, 2.05) is 24.8 Å². The third-order valence-electron chi connectivity index (χ3n) is 5.07. The summed E-state index contributed by atoms with van der Waals surface area (Å²) in [6.07, 6.45) is 6.31. The molecule has 3 aromatic rings. The van der Waals surface area contributed by atoms with Crippen molar-refractivity contribution in [2.75, 3.05) is 19.7 Å². The number of carbonyl (C=O) groups is 1. The molecule has 3 aromatic heterocycles. The lowest BCUT2D eigenvalue weighted by molar-refractivity contribution is -0.0247. The minimum Gasteiger partial charge on any atom is -0.375 e. The lowest BCUT2D eigenvalue weighted by Gasteiger charge is -2.33. The van der Waals surface area contributed by atoms with Gasteiger partial charge in [0.2, 0.25) is 0 Å². The fraction of sp³-hybridized carbons (Fsp3) is 0.381. The van der Waals surface area contributed by atoms with Gasteiger partial charge in [-0.25, -0.2) is 9.97 Å². The Labute approximate surface area is 168 Å². The molecule has 8 nitrogen and oxygen atoms in total. The van der Waals surface area contributed by atoms with Crippen LogP contribution >= 0.6 is 0 Å². The van der Waals surface area contributed by atoms with Crippen molar-refractivity contribution in [3.63, 3.8) is 0 Å². The second-order valence-corrected chi connectivity index (χ2v) is 7.12. The van der Waals surface area contributed by atoms with E-state index >= 15 is 0 Å². The van der Waals surface area contributed by atoms with Crippen LogP contribution in [0.2, 0.25) is 0 Å². The Hall–Kier alpha value is -3.13. The number of morpholine rings is 1. The van der Waals surface area contributed by atoms with E-state index < -0.39 is 0 Å². The highest BCUT2D eigenvalue weighted by molar-refractivity contribution is 5.93. The fourth-order valence-electron chi connectivity index (χ4n) is 3.58. The van der Waals surface area contributed by atoms with E-state index in [0.717, 1.165) is 41.2 Å². The largest absolute Gasteiger partial charge is 0.375 e. The highest BCUT2D eigenvalue weighted by Crippen LogP contribution is 2.25. The first-order chi connectivity index (χ1) is 14.1. The van der Waals surface area contributed by atoms with E-state index in [1.54, 1.807) is 30.9 Å². The molecule has 0 aliphatic carbocycles. The monoisotopic (exact) mass is 393 g/mol. The van der Waals surface area contributed by atoms with Gasteiger partial charge in [0.15, 0.2) is 0 Å². The van der Waals surface area contributed by atoms with Crippen LogP contribution < -0.4 is 0 Å². The molecule has 1 aliphatic rings. The Balaban J connectivity index is 1.39. The maximum Gasteiger partial charge on any atom is 0.255 e. The van der Waals surface area contributed by atoms with Gasteiger partial charge in [-0.15, -0.1) is 0 Å². The Morgan fingerprint density at radius 3 is 2.97 bits per heavy atom. The van der Waals surface area contributed by atoms with Crippen LogP contribution in [0.3, 0.4) is 0 Å². The van der Waals surface area contributed by atoms with Crippen molar-refractivity contribution in [2.24, 2.45) is 0 Å². The molecule has 1 atom stereocenters. The van der Waals surface area contributed by atoms with Crippen molar-refractivity contribution in [3.05, 3.63) is 59.6 Å². The molecule has 0 N–H and O–H groups in total. The molecule has 0 saturated carbocycles. The molecule has 4 heterocycles. The molecular formula is C21H23N5O3. The molecule has 0 bridgehead atoms. The summed E-state index contributed by atoms with van der Waals surface area (Å²) in [5, 5.41) is 3.99. The Kier molecular flexibility index (Phi) is 5.62.